The van der Waals surface area contributed by atoms with Crippen LogP contribution in [0.5, 0.6) is 0 Å². The fourth-order valence-corrected chi connectivity index (χ4v) is 4.07. The van der Waals surface area contributed by atoms with Crippen LogP contribution in [-0.2, 0) is 23.9 Å². The minimum Gasteiger partial charge on any atom is -0.507 e. The molecule has 0 amide bonds. The van der Waals surface area contributed by atoms with Crippen LogP contribution in [0.2, 0.25) is 0 Å². The molecule has 3 atom stereocenters. The summed E-state index contributed by atoms with van der Waals surface area (Å²) in [5, 5.41) is 20.0. The Bertz CT molecular complexity index is 1020. The zero-order valence-corrected chi connectivity index (χ0v) is 19.2. The van der Waals surface area contributed by atoms with Gasteiger partial charge in [-0.05, 0) is 31.8 Å². The van der Waals surface area contributed by atoms with Gasteiger partial charge in [-0.2, -0.15) is 0 Å². The van der Waals surface area contributed by atoms with Crippen LogP contribution in [0.15, 0.2) is 70.6 Å². The number of ketones is 2. The number of carbonyl (C=O) groups excluding carboxylic acids is 3. The average molecular weight is 455 g/mol. The summed E-state index contributed by atoms with van der Waals surface area (Å²) in [6.45, 7) is 5.56. The fraction of sp³-hybridized carbons (Fsp3) is 0.423. The van der Waals surface area contributed by atoms with E-state index >= 15 is 0 Å². The van der Waals surface area contributed by atoms with Gasteiger partial charge in [0.05, 0.1) is 19.3 Å². The van der Waals surface area contributed by atoms with Crippen LogP contribution in [0.1, 0.15) is 40.0 Å². The van der Waals surface area contributed by atoms with E-state index in [9.17, 15) is 24.6 Å². The second kappa shape index (κ2) is 10.3. The van der Waals surface area contributed by atoms with Crippen molar-refractivity contribution in [3.05, 3.63) is 70.6 Å². The van der Waals surface area contributed by atoms with Crippen molar-refractivity contribution in [3.8, 4) is 0 Å². The highest BCUT2D eigenvalue weighted by Gasteiger charge is 2.54. The molecule has 7 nitrogen and oxygen atoms in total. The summed E-state index contributed by atoms with van der Waals surface area (Å²) in [6.07, 6.45) is 12.4. The third-order valence-electron chi connectivity index (χ3n) is 6.26. The van der Waals surface area contributed by atoms with Crippen molar-refractivity contribution in [2.24, 2.45) is 5.92 Å². The summed E-state index contributed by atoms with van der Waals surface area (Å²) in [7, 11) is 0. The van der Waals surface area contributed by atoms with Crippen LogP contribution in [0.4, 0.5) is 0 Å². The first-order chi connectivity index (χ1) is 15.7. The van der Waals surface area contributed by atoms with Gasteiger partial charge in [-0.3, -0.25) is 9.59 Å². The number of carbonyl (C=O) groups is 3. The van der Waals surface area contributed by atoms with Crippen molar-refractivity contribution in [1.29, 1.82) is 0 Å². The van der Waals surface area contributed by atoms with Gasteiger partial charge in [-0.1, -0.05) is 56.2 Å². The average Bonchev–Trinajstić information content (AvgIpc) is 3.05. The van der Waals surface area contributed by atoms with E-state index in [0.29, 0.717) is 23.5 Å². The van der Waals surface area contributed by atoms with Gasteiger partial charge in [0.15, 0.2) is 11.4 Å². The maximum atomic E-state index is 13.1. The molecule has 0 aromatic carbocycles. The Hall–Kier alpha value is -3.03. The molecule has 176 valence electrons. The van der Waals surface area contributed by atoms with Crippen LogP contribution in [-0.4, -0.2) is 52.7 Å². The summed E-state index contributed by atoms with van der Waals surface area (Å²) in [6, 6.07) is 0. The molecule has 2 heterocycles. The van der Waals surface area contributed by atoms with E-state index < -0.39 is 35.0 Å². The molecule has 0 radical (unpaired) electrons. The Morgan fingerprint density at radius 2 is 1.97 bits per heavy atom. The molecule has 0 fully saturated rings. The number of rotatable bonds is 8. The number of aliphatic hydroxyl groups excluding tert-OH is 2. The van der Waals surface area contributed by atoms with Crippen LogP contribution in [0, 0.1) is 5.92 Å². The lowest BCUT2D eigenvalue weighted by molar-refractivity contribution is -0.153. The summed E-state index contributed by atoms with van der Waals surface area (Å²) in [5.74, 6) is -1.81. The van der Waals surface area contributed by atoms with Crippen molar-refractivity contribution < 1.29 is 34.1 Å². The summed E-state index contributed by atoms with van der Waals surface area (Å²) in [5.41, 5.74) is -0.167. The molecule has 3 rings (SSSR count). The molecule has 2 N–H and O–H groups in total. The van der Waals surface area contributed by atoms with E-state index in [0.717, 1.165) is 18.1 Å². The molecular weight excluding hydrogens is 424 g/mol. The normalized spacial score (nSPS) is 27.0. The monoisotopic (exact) mass is 454 g/mol. The number of Topliss-reactive ketones (excluding diaryl/α,β-unsaturated/α-hetero) is 1. The van der Waals surface area contributed by atoms with Gasteiger partial charge in [0.2, 0.25) is 5.78 Å². The van der Waals surface area contributed by atoms with E-state index in [2.05, 4.69) is 19.9 Å². The Morgan fingerprint density at radius 3 is 2.67 bits per heavy atom. The standard InChI is InChI=1S/C26H30O7/c1-4-16(2)9-7-5-6-8-10-18(28)13-22(29)23-21-12-17-11-19(14-27)32-15-20(17)24(30)26(21,3)33-25(23)31/h5-10,13,16,19,27,29H,4,11-12,14-15H2,1-3H3/b6-5+,9-7+,10-8+,22-13-/t16?,19?,26-/m1/s1. The maximum Gasteiger partial charge on any atom is 0.343 e. The predicted molar refractivity (Wildman–Crippen MR) is 122 cm³/mol. The molecule has 2 unspecified atom stereocenters. The van der Waals surface area contributed by atoms with Crippen molar-refractivity contribution >= 4 is 17.5 Å². The van der Waals surface area contributed by atoms with E-state index in [1.807, 2.05) is 6.08 Å². The number of hydrogen-bond acceptors (Lipinski definition) is 7. The topological polar surface area (TPSA) is 110 Å². The minimum absolute atomic E-state index is 0.0420. The van der Waals surface area contributed by atoms with Crippen LogP contribution < -0.4 is 0 Å². The lowest BCUT2D eigenvalue weighted by Gasteiger charge is -2.36. The highest BCUT2D eigenvalue weighted by Crippen LogP contribution is 2.47. The van der Waals surface area contributed by atoms with Gasteiger partial charge in [0.25, 0.3) is 0 Å². The van der Waals surface area contributed by atoms with Gasteiger partial charge in [-0.15, -0.1) is 0 Å². The van der Waals surface area contributed by atoms with Gasteiger partial charge < -0.3 is 19.7 Å². The summed E-state index contributed by atoms with van der Waals surface area (Å²) in [4.78, 5) is 37.9. The smallest absolute Gasteiger partial charge is 0.343 e. The molecule has 2 aliphatic heterocycles. The quantitative estimate of drug-likeness (QED) is 0.250. The molecule has 0 spiro atoms. The number of esters is 1. The molecular formula is C26H30O7. The fourth-order valence-electron chi connectivity index (χ4n) is 4.07. The van der Waals surface area contributed by atoms with E-state index in [-0.39, 0.29) is 25.2 Å². The number of fused-ring (bicyclic) bond motifs is 1. The zero-order valence-electron chi connectivity index (χ0n) is 19.2. The molecule has 0 aromatic heterocycles. The van der Waals surface area contributed by atoms with E-state index in [1.165, 1.54) is 13.0 Å². The van der Waals surface area contributed by atoms with Crippen molar-refractivity contribution in [3.63, 3.8) is 0 Å². The molecule has 7 heteroatoms. The number of ether oxygens (including phenoxy) is 2. The second-order valence-corrected chi connectivity index (χ2v) is 8.63. The third-order valence-corrected chi connectivity index (χ3v) is 6.26. The van der Waals surface area contributed by atoms with Gasteiger partial charge in [0, 0.05) is 17.2 Å². The molecule has 0 aromatic rings. The van der Waals surface area contributed by atoms with Crippen molar-refractivity contribution in [2.75, 3.05) is 13.2 Å². The number of allylic oxidation sites excluding steroid dienone is 7. The first-order valence-corrected chi connectivity index (χ1v) is 11.1. The van der Waals surface area contributed by atoms with Crippen molar-refractivity contribution in [2.45, 2.75) is 51.7 Å². The second-order valence-electron chi connectivity index (χ2n) is 8.63. The highest BCUT2D eigenvalue weighted by atomic mass is 16.6. The third kappa shape index (κ3) is 5.15. The Kier molecular flexibility index (Phi) is 7.66. The molecule has 0 saturated carbocycles. The Labute approximate surface area is 193 Å². The maximum absolute atomic E-state index is 13.1. The first-order valence-electron chi connectivity index (χ1n) is 11.1. The van der Waals surface area contributed by atoms with Crippen LogP contribution in [0.3, 0.4) is 0 Å². The molecule has 3 aliphatic rings. The molecule has 1 aliphatic carbocycles. The Balaban J connectivity index is 1.81. The Morgan fingerprint density at radius 1 is 1.24 bits per heavy atom. The van der Waals surface area contributed by atoms with Gasteiger partial charge in [-0.25, -0.2) is 4.79 Å². The van der Waals surface area contributed by atoms with E-state index in [4.69, 9.17) is 9.47 Å². The van der Waals surface area contributed by atoms with Gasteiger partial charge >= 0.3 is 5.97 Å². The minimum atomic E-state index is -1.54. The lowest BCUT2D eigenvalue weighted by atomic mass is 9.73. The largest absolute Gasteiger partial charge is 0.507 e. The van der Waals surface area contributed by atoms with Crippen LogP contribution >= 0.6 is 0 Å². The lowest BCUT2D eigenvalue weighted by Crippen LogP contribution is -2.45. The highest BCUT2D eigenvalue weighted by molar-refractivity contribution is 6.13. The van der Waals surface area contributed by atoms with Crippen LogP contribution in [0.25, 0.3) is 0 Å². The van der Waals surface area contributed by atoms with E-state index in [1.54, 1.807) is 18.2 Å². The molecule has 33 heavy (non-hydrogen) atoms. The van der Waals surface area contributed by atoms with Gasteiger partial charge in [0.1, 0.15) is 11.3 Å². The predicted octanol–water partition coefficient (Wildman–Crippen LogP) is 3.37. The number of aliphatic hydroxyl groups is 2. The zero-order chi connectivity index (χ0) is 24.2. The summed E-state index contributed by atoms with van der Waals surface area (Å²) < 4.78 is 10.9. The summed E-state index contributed by atoms with van der Waals surface area (Å²) >= 11 is 0. The SMILES string of the molecule is CCC(C)/C=C/C=C/C=C/C(=O)/C=C(\O)C1=C2CC3=C(COC(CO)C3)C(=O)[C@]2(C)OC1=O. The molecule has 0 saturated heterocycles. The molecule has 0 bridgehead atoms. The first kappa shape index (κ1) is 24.6. The van der Waals surface area contributed by atoms with Crippen molar-refractivity contribution in [1.82, 2.24) is 0 Å². The number of hydrogen-bond donors (Lipinski definition) is 2.